The van der Waals surface area contributed by atoms with Crippen molar-refractivity contribution >= 4 is 0 Å². The van der Waals surface area contributed by atoms with Gasteiger partial charge in [-0.3, -0.25) is 0 Å². The van der Waals surface area contributed by atoms with E-state index in [-0.39, 0.29) is 11.5 Å². The molecule has 0 heterocycles. The summed E-state index contributed by atoms with van der Waals surface area (Å²) in [5, 5.41) is 30.4. The van der Waals surface area contributed by atoms with E-state index in [0.29, 0.717) is 23.3 Å². The van der Waals surface area contributed by atoms with Crippen LogP contribution in [0.2, 0.25) is 0 Å². The Bertz CT molecular complexity index is 609. The molecular formula is C16H18O4. The number of hydrogen-bond acceptors (Lipinski definition) is 4. The van der Waals surface area contributed by atoms with Gasteiger partial charge in [0, 0.05) is 17.2 Å². The summed E-state index contributed by atoms with van der Waals surface area (Å²) in [7, 11) is 1.53. The van der Waals surface area contributed by atoms with Crippen LogP contribution in [0.5, 0.6) is 17.2 Å². The van der Waals surface area contributed by atoms with E-state index in [4.69, 9.17) is 4.74 Å². The molecule has 0 spiro atoms. The molecule has 0 aliphatic carbocycles. The summed E-state index contributed by atoms with van der Waals surface area (Å²) >= 11 is 0. The molecule has 0 aliphatic heterocycles. The normalized spacial score (nSPS) is 13.8. The van der Waals surface area contributed by atoms with E-state index in [9.17, 15) is 15.3 Å². The highest BCUT2D eigenvalue weighted by Gasteiger charge is 2.34. The summed E-state index contributed by atoms with van der Waals surface area (Å²) in [6, 6.07) is 11.3. The maximum absolute atomic E-state index is 11.0. The van der Waals surface area contributed by atoms with Gasteiger partial charge in [0.25, 0.3) is 0 Å². The zero-order valence-corrected chi connectivity index (χ0v) is 11.5. The predicted octanol–water partition coefficient (Wildman–Crippen LogP) is 2.75. The summed E-state index contributed by atoms with van der Waals surface area (Å²) < 4.78 is 5.29. The minimum absolute atomic E-state index is 0.0512. The van der Waals surface area contributed by atoms with Crippen LogP contribution in [0.1, 0.15) is 24.5 Å². The molecule has 4 heteroatoms. The van der Waals surface area contributed by atoms with Crippen LogP contribution < -0.4 is 4.74 Å². The Hall–Kier alpha value is -2.20. The fourth-order valence-corrected chi connectivity index (χ4v) is 2.38. The lowest BCUT2D eigenvalue weighted by Gasteiger charge is -2.30. The minimum Gasteiger partial charge on any atom is -0.508 e. The standard InChI is InChI=1S/C16H18O4/c1-3-16(19,12-9-8-11(17)10-14(12)18)13-6-4-5-7-15(13)20-2/h4-10,17-19H,3H2,1-2H3. The Labute approximate surface area is 117 Å². The Kier molecular flexibility index (Phi) is 3.86. The van der Waals surface area contributed by atoms with Crippen LogP contribution in [0.3, 0.4) is 0 Å². The highest BCUT2D eigenvalue weighted by atomic mass is 16.5. The largest absolute Gasteiger partial charge is 0.508 e. The number of ether oxygens (including phenoxy) is 1. The van der Waals surface area contributed by atoms with Crippen molar-refractivity contribution in [2.24, 2.45) is 0 Å². The molecular weight excluding hydrogens is 256 g/mol. The van der Waals surface area contributed by atoms with Gasteiger partial charge in [0.2, 0.25) is 0 Å². The lowest BCUT2D eigenvalue weighted by atomic mass is 9.83. The summed E-state index contributed by atoms with van der Waals surface area (Å²) in [5.41, 5.74) is -0.474. The molecule has 0 bridgehead atoms. The van der Waals surface area contributed by atoms with Gasteiger partial charge in [-0.15, -0.1) is 0 Å². The molecule has 20 heavy (non-hydrogen) atoms. The van der Waals surface area contributed by atoms with Gasteiger partial charge >= 0.3 is 0 Å². The number of rotatable bonds is 4. The Morgan fingerprint density at radius 2 is 1.75 bits per heavy atom. The maximum atomic E-state index is 11.0. The third-order valence-corrected chi connectivity index (χ3v) is 3.49. The summed E-state index contributed by atoms with van der Waals surface area (Å²) in [5.74, 6) is 0.342. The predicted molar refractivity (Wildman–Crippen MR) is 76.1 cm³/mol. The molecule has 2 rings (SSSR count). The van der Waals surface area contributed by atoms with Crippen molar-refractivity contribution in [1.82, 2.24) is 0 Å². The van der Waals surface area contributed by atoms with Gasteiger partial charge in [0.1, 0.15) is 22.8 Å². The average molecular weight is 274 g/mol. The number of benzene rings is 2. The van der Waals surface area contributed by atoms with Crippen LogP contribution in [-0.2, 0) is 5.60 Å². The van der Waals surface area contributed by atoms with E-state index in [1.54, 1.807) is 18.2 Å². The van der Waals surface area contributed by atoms with Crippen molar-refractivity contribution in [3.05, 3.63) is 53.6 Å². The van der Waals surface area contributed by atoms with Gasteiger partial charge in [0.15, 0.2) is 0 Å². The number of para-hydroxylation sites is 1. The lowest BCUT2D eigenvalue weighted by molar-refractivity contribution is 0.0709. The van der Waals surface area contributed by atoms with Gasteiger partial charge in [-0.2, -0.15) is 0 Å². The van der Waals surface area contributed by atoms with E-state index >= 15 is 0 Å². The molecule has 2 aromatic rings. The second-order valence-electron chi connectivity index (χ2n) is 4.62. The van der Waals surface area contributed by atoms with Gasteiger partial charge < -0.3 is 20.1 Å². The first-order valence-corrected chi connectivity index (χ1v) is 6.41. The van der Waals surface area contributed by atoms with Crippen molar-refractivity contribution in [1.29, 1.82) is 0 Å². The zero-order chi connectivity index (χ0) is 14.8. The molecule has 1 atom stereocenters. The SMILES string of the molecule is CCC(O)(c1ccc(O)cc1O)c1ccccc1OC. The molecule has 4 nitrogen and oxygen atoms in total. The lowest BCUT2D eigenvalue weighted by Crippen LogP contribution is -2.27. The summed E-state index contributed by atoms with van der Waals surface area (Å²) in [4.78, 5) is 0. The van der Waals surface area contributed by atoms with Gasteiger partial charge in [-0.25, -0.2) is 0 Å². The highest BCUT2D eigenvalue weighted by molar-refractivity contribution is 5.50. The number of aliphatic hydroxyl groups is 1. The van der Waals surface area contributed by atoms with E-state index < -0.39 is 5.60 Å². The third kappa shape index (κ3) is 2.30. The molecule has 0 aliphatic rings. The molecule has 1 unspecified atom stereocenters. The van der Waals surface area contributed by atoms with Gasteiger partial charge in [0.05, 0.1) is 7.11 Å². The van der Waals surface area contributed by atoms with Gasteiger partial charge in [-0.1, -0.05) is 25.1 Å². The smallest absolute Gasteiger partial charge is 0.125 e. The minimum atomic E-state index is -1.38. The highest BCUT2D eigenvalue weighted by Crippen LogP contribution is 2.42. The van der Waals surface area contributed by atoms with Crippen molar-refractivity contribution in [3.8, 4) is 17.2 Å². The first-order chi connectivity index (χ1) is 9.52. The molecule has 0 radical (unpaired) electrons. The van der Waals surface area contributed by atoms with Crippen molar-refractivity contribution in [2.45, 2.75) is 18.9 Å². The molecule has 0 fully saturated rings. The summed E-state index contributed by atoms with van der Waals surface area (Å²) in [6.45, 7) is 1.82. The molecule has 0 saturated heterocycles. The fraction of sp³-hybridized carbons (Fsp3) is 0.250. The second kappa shape index (κ2) is 5.43. The van der Waals surface area contributed by atoms with Gasteiger partial charge in [-0.05, 0) is 24.6 Å². The number of phenols is 2. The molecule has 2 aromatic carbocycles. The zero-order valence-electron chi connectivity index (χ0n) is 11.5. The second-order valence-corrected chi connectivity index (χ2v) is 4.62. The first kappa shape index (κ1) is 14.2. The average Bonchev–Trinajstić information content (AvgIpc) is 2.46. The molecule has 0 saturated carbocycles. The molecule has 0 aromatic heterocycles. The van der Waals surface area contributed by atoms with Crippen LogP contribution in [0.4, 0.5) is 0 Å². The van der Waals surface area contributed by atoms with Crippen LogP contribution >= 0.6 is 0 Å². The van der Waals surface area contributed by atoms with E-state index in [1.165, 1.54) is 25.3 Å². The molecule has 0 amide bonds. The van der Waals surface area contributed by atoms with Crippen LogP contribution in [-0.4, -0.2) is 22.4 Å². The van der Waals surface area contributed by atoms with Crippen molar-refractivity contribution in [3.63, 3.8) is 0 Å². The number of aromatic hydroxyl groups is 2. The number of hydrogen-bond donors (Lipinski definition) is 3. The summed E-state index contributed by atoms with van der Waals surface area (Å²) in [6.07, 6.45) is 0.353. The number of phenolic OH excluding ortho intramolecular Hbond substituents is 2. The quantitative estimate of drug-likeness (QED) is 0.801. The maximum Gasteiger partial charge on any atom is 0.125 e. The van der Waals surface area contributed by atoms with Crippen LogP contribution in [0, 0.1) is 0 Å². The van der Waals surface area contributed by atoms with Crippen LogP contribution in [0.15, 0.2) is 42.5 Å². The Morgan fingerprint density at radius 3 is 2.35 bits per heavy atom. The number of methoxy groups -OCH3 is 1. The van der Waals surface area contributed by atoms with Crippen molar-refractivity contribution in [2.75, 3.05) is 7.11 Å². The molecule has 3 N–H and O–H groups in total. The van der Waals surface area contributed by atoms with E-state index in [0.717, 1.165) is 0 Å². The fourth-order valence-electron chi connectivity index (χ4n) is 2.38. The molecule has 106 valence electrons. The van der Waals surface area contributed by atoms with E-state index in [1.807, 2.05) is 13.0 Å². The monoisotopic (exact) mass is 274 g/mol. The third-order valence-electron chi connectivity index (χ3n) is 3.49. The Morgan fingerprint density at radius 1 is 1.05 bits per heavy atom. The first-order valence-electron chi connectivity index (χ1n) is 6.41. The van der Waals surface area contributed by atoms with E-state index in [2.05, 4.69) is 0 Å². The van der Waals surface area contributed by atoms with Crippen LogP contribution in [0.25, 0.3) is 0 Å². The Balaban J connectivity index is 2.64. The topological polar surface area (TPSA) is 69.9 Å². The van der Waals surface area contributed by atoms with Crippen molar-refractivity contribution < 1.29 is 20.1 Å².